The number of guanidine groups is 1. The Hall–Kier alpha value is -1.07. The Balaban J connectivity index is 0.00000364. The number of benzene rings is 1. The topological polar surface area (TPSA) is 66.7 Å². The SMILES string of the molecule is CN=C(NCCc1ccc(S(C)(=O)=O)cc1)N(C)Cc1cc(Br)cn1C.I. The van der Waals surface area contributed by atoms with E-state index in [1.807, 2.05) is 32.4 Å². The second-order valence-electron chi connectivity index (χ2n) is 6.26. The van der Waals surface area contributed by atoms with Crippen LogP contribution in [-0.4, -0.2) is 50.7 Å². The zero-order valence-electron chi connectivity index (χ0n) is 15.9. The van der Waals surface area contributed by atoms with Crippen LogP contribution in [0.2, 0.25) is 0 Å². The number of sulfone groups is 1. The monoisotopic (exact) mass is 568 g/mol. The summed E-state index contributed by atoms with van der Waals surface area (Å²) in [5.74, 6) is 0.815. The summed E-state index contributed by atoms with van der Waals surface area (Å²) >= 11 is 3.49. The van der Waals surface area contributed by atoms with Gasteiger partial charge in [-0.1, -0.05) is 12.1 Å². The average molecular weight is 569 g/mol. The molecule has 2 rings (SSSR count). The first-order chi connectivity index (χ1) is 12.2. The van der Waals surface area contributed by atoms with E-state index in [1.165, 1.54) is 11.9 Å². The van der Waals surface area contributed by atoms with Gasteiger partial charge in [0.1, 0.15) is 0 Å². The summed E-state index contributed by atoms with van der Waals surface area (Å²) in [6.45, 7) is 1.46. The average Bonchev–Trinajstić information content (AvgIpc) is 2.88. The van der Waals surface area contributed by atoms with E-state index < -0.39 is 9.84 Å². The van der Waals surface area contributed by atoms with Crippen LogP contribution in [0.4, 0.5) is 0 Å². The molecule has 0 aliphatic rings. The smallest absolute Gasteiger partial charge is 0.193 e. The van der Waals surface area contributed by atoms with Crippen LogP contribution >= 0.6 is 39.9 Å². The van der Waals surface area contributed by atoms with E-state index in [0.717, 1.165) is 29.0 Å². The van der Waals surface area contributed by atoms with Crippen LogP contribution in [-0.2, 0) is 29.9 Å². The van der Waals surface area contributed by atoms with Crippen LogP contribution in [0.25, 0.3) is 0 Å². The predicted molar refractivity (Wildman–Crippen MR) is 125 cm³/mol. The first-order valence-corrected chi connectivity index (χ1v) is 10.9. The van der Waals surface area contributed by atoms with Crippen molar-refractivity contribution in [2.75, 3.05) is 26.9 Å². The van der Waals surface area contributed by atoms with Crippen molar-refractivity contribution < 1.29 is 8.42 Å². The van der Waals surface area contributed by atoms with E-state index >= 15 is 0 Å². The van der Waals surface area contributed by atoms with E-state index in [4.69, 9.17) is 0 Å². The number of nitrogens with zero attached hydrogens (tertiary/aromatic N) is 3. The van der Waals surface area contributed by atoms with Gasteiger partial charge in [0.25, 0.3) is 0 Å². The Morgan fingerprint density at radius 2 is 1.93 bits per heavy atom. The van der Waals surface area contributed by atoms with Crippen molar-refractivity contribution in [1.29, 1.82) is 0 Å². The molecule has 9 heteroatoms. The van der Waals surface area contributed by atoms with E-state index in [2.05, 4.69) is 41.8 Å². The molecule has 1 aromatic carbocycles. The van der Waals surface area contributed by atoms with Crippen LogP contribution < -0.4 is 5.32 Å². The summed E-state index contributed by atoms with van der Waals surface area (Å²) in [6, 6.07) is 9.10. The fourth-order valence-corrected chi connectivity index (χ4v) is 3.85. The molecule has 150 valence electrons. The van der Waals surface area contributed by atoms with Crippen LogP contribution in [0.5, 0.6) is 0 Å². The molecule has 0 atom stereocenters. The van der Waals surface area contributed by atoms with E-state index in [9.17, 15) is 8.42 Å². The van der Waals surface area contributed by atoms with Crippen LogP contribution in [0.1, 0.15) is 11.3 Å². The molecule has 6 nitrogen and oxygen atoms in total. The Kier molecular flexibility index (Phi) is 9.29. The van der Waals surface area contributed by atoms with E-state index in [0.29, 0.717) is 11.4 Å². The molecular formula is C18H26BrIN4O2S. The van der Waals surface area contributed by atoms with Gasteiger partial charge in [0.15, 0.2) is 15.8 Å². The molecule has 27 heavy (non-hydrogen) atoms. The Bertz CT molecular complexity index is 879. The fraction of sp³-hybridized carbons (Fsp3) is 0.389. The van der Waals surface area contributed by atoms with Crippen LogP contribution in [0.15, 0.2) is 50.9 Å². The number of nitrogens with one attached hydrogen (secondary N) is 1. The lowest BCUT2D eigenvalue weighted by molar-refractivity contribution is 0.462. The van der Waals surface area contributed by atoms with Crippen molar-refractivity contribution in [3.63, 3.8) is 0 Å². The summed E-state index contributed by atoms with van der Waals surface area (Å²) < 4.78 is 26.1. The largest absolute Gasteiger partial charge is 0.356 e. The third kappa shape index (κ3) is 7.11. The molecule has 0 spiro atoms. The number of aryl methyl sites for hydroxylation is 1. The van der Waals surface area contributed by atoms with E-state index in [-0.39, 0.29) is 24.0 Å². The lowest BCUT2D eigenvalue weighted by atomic mass is 10.1. The Labute approximate surface area is 187 Å². The molecule has 0 aliphatic carbocycles. The van der Waals surface area contributed by atoms with Crippen LogP contribution in [0.3, 0.4) is 0 Å². The number of rotatable bonds is 6. The number of aromatic nitrogens is 1. The summed E-state index contributed by atoms with van der Waals surface area (Å²) in [5, 5.41) is 3.35. The summed E-state index contributed by atoms with van der Waals surface area (Å²) in [7, 11) is 2.63. The number of aliphatic imine (C=N–C) groups is 1. The lowest BCUT2D eigenvalue weighted by Crippen LogP contribution is -2.39. The molecule has 0 saturated heterocycles. The second kappa shape index (κ2) is 10.5. The van der Waals surface area contributed by atoms with Crippen molar-refractivity contribution >= 4 is 55.7 Å². The third-order valence-corrected chi connectivity index (χ3v) is 5.66. The van der Waals surface area contributed by atoms with Crippen molar-refractivity contribution in [1.82, 2.24) is 14.8 Å². The molecule has 0 amide bonds. The van der Waals surface area contributed by atoms with Crippen molar-refractivity contribution in [3.05, 3.63) is 52.3 Å². The van der Waals surface area contributed by atoms with Gasteiger partial charge in [-0.15, -0.1) is 24.0 Å². The molecule has 2 aromatic rings. The van der Waals surface area contributed by atoms with Crippen molar-refractivity contribution in [2.24, 2.45) is 12.0 Å². The van der Waals surface area contributed by atoms with Gasteiger partial charge in [0.2, 0.25) is 0 Å². The molecule has 0 saturated carbocycles. The van der Waals surface area contributed by atoms with Gasteiger partial charge < -0.3 is 14.8 Å². The van der Waals surface area contributed by atoms with Gasteiger partial charge in [-0.2, -0.15) is 0 Å². The van der Waals surface area contributed by atoms with Crippen molar-refractivity contribution in [2.45, 2.75) is 17.9 Å². The predicted octanol–water partition coefficient (Wildman–Crippen LogP) is 3.06. The Morgan fingerprint density at radius 1 is 1.30 bits per heavy atom. The molecular weight excluding hydrogens is 543 g/mol. The third-order valence-electron chi connectivity index (χ3n) is 4.10. The molecule has 1 N–H and O–H groups in total. The van der Waals surface area contributed by atoms with Gasteiger partial charge in [-0.25, -0.2) is 8.42 Å². The van der Waals surface area contributed by atoms with Gasteiger partial charge in [0.05, 0.1) is 11.4 Å². The van der Waals surface area contributed by atoms with Gasteiger partial charge in [-0.05, 0) is 46.1 Å². The Morgan fingerprint density at radius 3 is 2.41 bits per heavy atom. The molecule has 1 heterocycles. The zero-order valence-corrected chi connectivity index (χ0v) is 20.7. The first kappa shape index (κ1) is 24.0. The molecule has 0 unspecified atom stereocenters. The minimum atomic E-state index is -3.15. The van der Waals surface area contributed by atoms with Gasteiger partial charge >= 0.3 is 0 Å². The highest BCUT2D eigenvalue weighted by Gasteiger charge is 2.10. The lowest BCUT2D eigenvalue weighted by Gasteiger charge is -2.22. The number of hydrogen-bond acceptors (Lipinski definition) is 3. The highest BCUT2D eigenvalue weighted by atomic mass is 127. The maximum atomic E-state index is 11.5. The number of hydrogen-bond donors (Lipinski definition) is 1. The van der Waals surface area contributed by atoms with Crippen LogP contribution in [0, 0.1) is 0 Å². The maximum Gasteiger partial charge on any atom is 0.193 e. The first-order valence-electron chi connectivity index (χ1n) is 8.22. The normalized spacial score (nSPS) is 11.8. The second-order valence-corrected chi connectivity index (χ2v) is 9.19. The maximum absolute atomic E-state index is 11.5. The quantitative estimate of drug-likeness (QED) is 0.330. The minimum absolute atomic E-state index is 0. The van der Waals surface area contributed by atoms with Gasteiger partial charge in [0, 0.05) is 50.3 Å². The highest BCUT2D eigenvalue weighted by Crippen LogP contribution is 2.15. The fourth-order valence-electron chi connectivity index (χ4n) is 2.65. The standard InChI is InChI=1S/C18H25BrN4O2S.HI/c1-20-18(23(3)13-16-11-15(19)12-22(16)2)21-10-9-14-5-7-17(8-6-14)26(4,24)25;/h5-8,11-12H,9-10,13H2,1-4H3,(H,20,21);1H. The summed E-state index contributed by atoms with van der Waals surface area (Å²) in [6.07, 6.45) is 4.03. The summed E-state index contributed by atoms with van der Waals surface area (Å²) in [4.78, 5) is 6.74. The molecule has 0 aliphatic heterocycles. The molecule has 1 aromatic heterocycles. The van der Waals surface area contributed by atoms with E-state index in [1.54, 1.807) is 19.2 Å². The highest BCUT2D eigenvalue weighted by molar-refractivity contribution is 14.0. The summed E-state index contributed by atoms with van der Waals surface area (Å²) in [5.41, 5.74) is 2.26. The minimum Gasteiger partial charge on any atom is -0.356 e. The van der Waals surface area contributed by atoms with Gasteiger partial charge in [-0.3, -0.25) is 4.99 Å². The van der Waals surface area contributed by atoms with Crippen molar-refractivity contribution in [3.8, 4) is 0 Å². The zero-order chi connectivity index (χ0) is 19.3. The molecule has 0 radical (unpaired) electrons. The molecule has 0 bridgehead atoms. The molecule has 0 fully saturated rings. The number of halogens is 2.